The van der Waals surface area contributed by atoms with Gasteiger partial charge in [0.2, 0.25) is 0 Å². The first-order valence-electron chi connectivity index (χ1n) is 6.23. The average molecular weight is 284 g/mol. The Morgan fingerprint density at radius 2 is 1.95 bits per heavy atom. The van der Waals surface area contributed by atoms with Crippen LogP contribution in [0.15, 0.2) is 17.0 Å². The van der Waals surface area contributed by atoms with Gasteiger partial charge in [0, 0.05) is 6.26 Å². The maximum Gasteiger partial charge on any atom is 0.338 e. The van der Waals surface area contributed by atoms with Crippen molar-refractivity contribution >= 4 is 15.8 Å². The molecule has 0 aliphatic heterocycles. The van der Waals surface area contributed by atoms with Crippen LogP contribution in [0, 0.1) is 6.92 Å². The molecule has 0 amide bonds. The summed E-state index contributed by atoms with van der Waals surface area (Å²) in [5.41, 5.74) is 1.82. The first-order chi connectivity index (χ1) is 8.81. The Morgan fingerprint density at radius 1 is 1.32 bits per heavy atom. The molecule has 0 aliphatic carbocycles. The Morgan fingerprint density at radius 3 is 2.42 bits per heavy atom. The third kappa shape index (κ3) is 3.80. The van der Waals surface area contributed by atoms with E-state index in [-0.39, 0.29) is 4.90 Å². The Balaban J connectivity index is 3.41. The molecule has 0 aromatic heterocycles. The van der Waals surface area contributed by atoms with E-state index in [9.17, 15) is 13.2 Å². The minimum Gasteiger partial charge on any atom is -0.465 e. The number of hydrogen-bond donors (Lipinski definition) is 0. The van der Waals surface area contributed by atoms with Crippen LogP contribution in [-0.2, 0) is 21.0 Å². The van der Waals surface area contributed by atoms with Crippen molar-refractivity contribution in [2.24, 2.45) is 0 Å². The molecular formula is C14H20O4S. The molecule has 0 heterocycles. The lowest BCUT2D eigenvalue weighted by Crippen LogP contribution is -2.10. The largest absolute Gasteiger partial charge is 0.465 e. The molecule has 19 heavy (non-hydrogen) atoms. The van der Waals surface area contributed by atoms with Crippen molar-refractivity contribution in [3.05, 3.63) is 28.8 Å². The van der Waals surface area contributed by atoms with Gasteiger partial charge < -0.3 is 4.74 Å². The first kappa shape index (κ1) is 15.7. The van der Waals surface area contributed by atoms with Crippen LogP contribution in [0.4, 0.5) is 0 Å². The molecule has 0 atom stereocenters. The minimum atomic E-state index is -3.35. The summed E-state index contributed by atoms with van der Waals surface area (Å²) in [7, 11) is -2.07. The second-order valence-electron chi connectivity index (χ2n) is 4.64. The summed E-state index contributed by atoms with van der Waals surface area (Å²) < 4.78 is 28.4. The predicted molar refractivity (Wildman–Crippen MR) is 74.2 cm³/mol. The number of benzene rings is 1. The van der Waals surface area contributed by atoms with Crippen molar-refractivity contribution < 1.29 is 17.9 Å². The van der Waals surface area contributed by atoms with Gasteiger partial charge in [-0.25, -0.2) is 13.2 Å². The molecule has 0 radical (unpaired) electrons. The summed E-state index contributed by atoms with van der Waals surface area (Å²) in [6.07, 6.45) is 3.76. The van der Waals surface area contributed by atoms with E-state index in [1.807, 2.05) is 0 Å². The van der Waals surface area contributed by atoms with E-state index in [2.05, 4.69) is 11.7 Å². The topological polar surface area (TPSA) is 60.4 Å². The van der Waals surface area contributed by atoms with E-state index in [0.29, 0.717) is 12.0 Å². The molecule has 0 saturated heterocycles. The lowest BCUT2D eigenvalue weighted by atomic mass is 10.0. The Bertz CT molecular complexity index is 573. The molecule has 0 spiro atoms. The summed E-state index contributed by atoms with van der Waals surface area (Å²) in [6.45, 7) is 3.84. The second-order valence-corrected chi connectivity index (χ2v) is 6.63. The van der Waals surface area contributed by atoms with Gasteiger partial charge in [0.25, 0.3) is 0 Å². The molecule has 5 heteroatoms. The summed E-state index contributed by atoms with van der Waals surface area (Å²) in [5, 5.41) is 0. The Kier molecular flexibility index (Phi) is 5.11. The number of ether oxygens (including phenoxy) is 1. The van der Waals surface area contributed by atoms with Gasteiger partial charge >= 0.3 is 5.97 Å². The molecule has 0 fully saturated rings. The molecule has 0 saturated carbocycles. The Labute approximate surface area is 114 Å². The number of carbonyl (C=O) groups excluding carboxylic acids is 1. The van der Waals surface area contributed by atoms with E-state index in [0.717, 1.165) is 30.2 Å². The van der Waals surface area contributed by atoms with Crippen molar-refractivity contribution in [2.75, 3.05) is 13.4 Å². The van der Waals surface area contributed by atoms with E-state index in [1.165, 1.54) is 13.2 Å². The van der Waals surface area contributed by atoms with Crippen molar-refractivity contribution in [1.82, 2.24) is 0 Å². The van der Waals surface area contributed by atoms with E-state index in [4.69, 9.17) is 0 Å². The van der Waals surface area contributed by atoms with Gasteiger partial charge in [0.05, 0.1) is 17.6 Å². The summed E-state index contributed by atoms with van der Waals surface area (Å²) >= 11 is 0. The molecule has 1 aromatic carbocycles. The van der Waals surface area contributed by atoms with E-state index in [1.54, 1.807) is 13.0 Å². The smallest absolute Gasteiger partial charge is 0.338 e. The maximum absolute atomic E-state index is 11.8. The van der Waals surface area contributed by atoms with Crippen LogP contribution in [0.1, 0.15) is 41.3 Å². The van der Waals surface area contributed by atoms with Crippen LogP contribution in [-0.4, -0.2) is 27.8 Å². The van der Waals surface area contributed by atoms with Gasteiger partial charge in [-0.05, 0) is 37.0 Å². The zero-order chi connectivity index (χ0) is 14.6. The molecule has 106 valence electrons. The van der Waals surface area contributed by atoms with E-state index < -0.39 is 15.8 Å². The van der Waals surface area contributed by atoms with Gasteiger partial charge in [0.15, 0.2) is 9.84 Å². The molecule has 1 aromatic rings. The van der Waals surface area contributed by atoms with Crippen LogP contribution in [0.5, 0.6) is 0 Å². The quantitative estimate of drug-likeness (QED) is 0.780. The van der Waals surface area contributed by atoms with Gasteiger partial charge in [-0.15, -0.1) is 0 Å². The molecule has 0 N–H and O–H groups in total. The maximum atomic E-state index is 11.8. The second kappa shape index (κ2) is 6.19. The zero-order valence-corrected chi connectivity index (χ0v) is 12.6. The van der Waals surface area contributed by atoms with Crippen molar-refractivity contribution in [1.29, 1.82) is 0 Å². The van der Waals surface area contributed by atoms with Gasteiger partial charge in [-0.3, -0.25) is 0 Å². The van der Waals surface area contributed by atoms with Gasteiger partial charge in [-0.2, -0.15) is 0 Å². The lowest BCUT2D eigenvalue weighted by Gasteiger charge is -2.12. The third-order valence-electron chi connectivity index (χ3n) is 3.01. The predicted octanol–water partition coefficient (Wildman–Crippen LogP) is 2.53. The lowest BCUT2D eigenvalue weighted by molar-refractivity contribution is 0.0599. The molecule has 0 aliphatic rings. The fourth-order valence-electron chi connectivity index (χ4n) is 1.99. The third-order valence-corrected chi connectivity index (χ3v) is 4.19. The first-order valence-corrected chi connectivity index (χ1v) is 8.12. The van der Waals surface area contributed by atoms with Crippen LogP contribution in [0.3, 0.4) is 0 Å². The fourth-order valence-corrected chi connectivity index (χ4v) is 2.95. The molecule has 0 bridgehead atoms. The minimum absolute atomic E-state index is 0.229. The number of esters is 1. The normalized spacial score (nSPS) is 11.4. The molecular weight excluding hydrogens is 264 g/mol. The highest BCUT2D eigenvalue weighted by atomic mass is 32.2. The number of hydrogen-bond acceptors (Lipinski definition) is 4. The van der Waals surface area contributed by atoms with Gasteiger partial charge in [0.1, 0.15) is 0 Å². The highest BCUT2D eigenvalue weighted by Crippen LogP contribution is 2.23. The SMILES string of the molecule is CCCCc1cc(C)c(C(=O)OC)cc1S(C)(=O)=O. The highest BCUT2D eigenvalue weighted by Gasteiger charge is 2.19. The summed E-state index contributed by atoms with van der Waals surface area (Å²) in [6, 6.07) is 3.21. The number of rotatable bonds is 5. The zero-order valence-electron chi connectivity index (χ0n) is 11.8. The number of sulfone groups is 1. The van der Waals surface area contributed by atoms with Gasteiger partial charge in [-0.1, -0.05) is 19.4 Å². The van der Waals surface area contributed by atoms with Crippen LogP contribution < -0.4 is 0 Å². The van der Waals surface area contributed by atoms with Crippen molar-refractivity contribution in [3.8, 4) is 0 Å². The van der Waals surface area contributed by atoms with E-state index >= 15 is 0 Å². The summed E-state index contributed by atoms with van der Waals surface area (Å²) in [5.74, 6) is -0.510. The number of methoxy groups -OCH3 is 1. The molecule has 4 nitrogen and oxygen atoms in total. The summed E-state index contributed by atoms with van der Waals surface area (Å²) in [4.78, 5) is 11.9. The fraction of sp³-hybridized carbons (Fsp3) is 0.500. The average Bonchev–Trinajstić information content (AvgIpc) is 2.33. The standard InChI is InChI=1S/C14H20O4S/c1-5-6-7-11-8-10(2)12(14(15)18-3)9-13(11)19(4,16)17/h8-9H,5-7H2,1-4H3. The van der Waals surface area contributed by atoms with Crippen LogP contribution in [0.25, 0.3) is 0 Å². The number of aryl methyl sites for hydroxylation is 2. The Hall–Kier alpha value is -1.36. The molecule has 1 rings (SSSR count). The number of unbranched alkanes of at least 4 members (excludes halogenated alkanes) is 1. The van der Waals surface area contributed by atoms with Crippen molar-refractivity contribution in [3.63, 3.8) is 0 Å². The highest BCUT2D eigenvalue weighted by molar-refractivity contribution is 7.90. The van der Waals surface area contributed by atoms with Crippen LogP contribution >= 0.6 is 0 Å². The van der Waals surface area contributed by atoms with Crippen LogP contribution in [0.2, 0.25) is 0 Å². The van der Waals surface area contributed by atoms with Crippen molar-refractivity contribution in [2.45, 2.75) is 38.0 Å². The monoisotopic (exact) mass is 284 g/mol. The number of carbonyl (C=O) groups is 1. The molecule has 0 unspecified atom stereocenters.